The molecule has 0 saturated carbocycles. The van der Waals surface area contributed by atoms with Gasteiger partial charge in [0.1, 0.15) is 18.5 Å². The second-order valence-electron chi connectivity index (χ2n) is 8.75. The molecule has 2 aliphatic heterocycles. The number of aromatic nitrogens is 1. The second-order valence-corrected chi connectivity index (χ2v) is 8.75. The molecule has 7 heteroatoms. The quantitative estimate of drug-likeness (QED) is 0.289. The summed E-state index contributed by atoms with van der Waals surface area (Å²) in [6.45, 7) is 2.08. The summed E-state index contributed by atoms with van der Waals surface area (Å²) in [5, 5.41) is 18.4. The molecule has 5 rings (SSSR count). The van der Waals surface area contributed by atoms with E-state index in [-0.39, 0.29) is 11.5 Å². The summed E-state index contributed by atoms with van der Waals surface area (Å²) in [4.78, 5) is 15.2. The zero-order valence-electron chi connectivity index (χ0n) is 19.3. The number of aryl methyl sites for hydroxylation is 2. The van der Waals surface area contributed by atoms with Gasteiger partial charge in [-0.25, -0.2) is 9.36 Å². The molecule has 0 unspecified atom stereocenters. The Morgan fingerprint density at radius 2 is 1.94 bits per heavy atom. The molecule has 0 radical (unpaired) electrons. The van der Waals surface area contributed by atoms with Crippen LogP contribution in [-0.2, 0) is 29.4 Å². The molecule has 0 saturated heterocycles. The Morgan fingerprint density at radius 3 is 2.73 bits per heavy atom. The maximum atomic E-state index is 12.8. The molecule has 1 N–H and O–H groups in total. The van der Waals surface area contributed by atoms with E-state index in [1.165, 1.54) is 18.4 Å². The van der Waals surface area contributed by atoms with Crippen molar-refractivity contribution in [3.8, 4) is 5.75 Å². The molecule has 0 spiro atoms. The number of benzene rings is 2. The molecule has 7 nitrogen and oxygen atoms in total. The predicted molar refractivity (Wildman–Crippen MR) is 129 cm³/mol. The molecule has 2 aromatic carbocycles. The van der Waals surface area contributed by atoms with E-state index in [1.807, 2.05) is 54.2 Å². The van der Waals surface area contributed by atoms with Crippen LogP contribution in [0.4, 0.5) is 11.4 Å². The van der Waals surface area contributed by atoms with Gasteiger partial charge in [-0.3, -0.25) is 5.01 Å². The highest BCUT2D eigenvalue weighted by atomic mass is 16.5. The summed E-state index contributed by atoms with van der Waals surface area (Å²) < 4.78 is 7.10. The van der Waals surface area contributed by atoms with E-state index >= 15 is 0 Å². The van der Waals surface area contributed by atoms with E-state index in [0.29, 0.717) is 11.3 Å². The van der Waals surface area contributed by atoms with Gasteiger partial charge in [-0.05, 0) is 43.4 Å². The fourth-order valence-corrected chi connectivity index (χ4v) is 5.15. The van der Waals surface area contributed by atoms with Crippen LogP contribution < -0.4 is 14.5 Å². The largest absolute Gasteiger partial charge is 0.505 e. The van der Waals surface area contributed by atoms with Crippen molar-refractivity contribution in [2.45, 2.75) is 25.7 Å². The van der Waals surface area contributed by atoms with Crippen LogP contribution in [0.25, 0.3) is 10.9 Å². The number of carbonyl (C=O) groups is 1. The zero-order valence-corrected chi connectivity index (χ0v) is 19.3. The van der Waals surface area contributed by atoms with Crippen molar-refractivity contribution in [1.82, 2.24) is 0 Å². The Balaban J connectivity index is 1.64. The monoisotopic (exact) mass is 445 g/mol. The second kappa shape index (κ2) is 8.39. The van der Waals surface area contributed by atoms with Gasteiger partial charge >= 0.3 is 5.97 Å². The first kappa shape index (κ1) is 21.2. The van der Waals surface area contributed by atoms with Gasteiger partial charge in [-0.15, -0.1) is 0 Å². The Kier molecular flexibility index (Phi) is 5.40. The number of phenols is 1. The number of esters is 1. The number of rotatable bonds is 4. The number of anilines is 2. The Labute approximate surface area is 193 Å². The topological polar surface area (TPSA) is 69.2 Å². The van der Waals surface area contributed by atoms with Crippen LogP contribution in [-0.4, -0.2) is 44.0 Å². The summed E-state index contributed by atoms with van der Waals surface area (Å²) in [6.07, 6.45) is 5.86. The molecule has 0 aliphatic carbocycles. The fourth-order valence-electron chi connectivity index (χ4n) is 5.15. The summed E-state index contributed by atoms with van der Waals surface area (Å²) in [7, 11) is 5.09. The standard InChI is InChI=1S/C26H28N4O3/c1-28-15-12-19(18-9-4-5-11-21(18)28)23(26(32)33-3)27-29(2)22-16-17-8-6-13-30-14-7-10-20(24(17)30)25(22)31/h4-5,9,11-12,15-16H,6-8,10,13-14H2,1-3H3/p+1. The highest BCUT2D eigenvalue weighted by molar-refractivity contribution is 6.45. The minimum absolute atomic E-state index is 0.198. The zero-order chi connectivity index (χ0) is 23.1. The molecule has 2 aliphatic rings. The highest BCUT2D eigenvalue weighted by Gasteiger charge is 2.29. The number of aromatic hydroxyl groups is 1. The van der Waals surface area contributed by atoms with E-state index in [4.69, 9.17) is 4.74 Å². The van der Waals surface area contributed by atoms with Crippen molar-refractivity contribution in [3.05, 3.63) is 59.3 Å². The van der Waals surface area contributed by atoms with Crippen molar-refractivity contribution in [2.24, 2.45) is 12.1 Å². The van der Waals surface area contributed by atoms with Gasteiger partial charge in [0.25, 0.3) is 0 Å². The van der Waals surface area contributed by atoms with Gasteiger partial charge in [0.2, 0.25) is 5.52 Å². The number of pyridine rings is 1. The number of para-hydroxylation sites is 1. The summed E-state index contributed by atoms with van der Waals surface area (Å²) in [5.41, 5.74) is 5.91. The maximum absolute atomic E-state index is 12.8. The number of phenolic OH excluding ortho intramolecular Hbond substituents is 1. The van der Waals surface area contributed by atoms with E-state index in [2.05, 4.69) is 10.0 Å². The third-order valence-electron chi connectivity index (χ3n) is 6.75. The first-order valence-electron chi connectivity index (χ1n) is 11.4. The van der Waals surface area contributed by atoms with Gasteiger partial charge < -0.3 is 14.7 Å². The van der Waals surface area contributed by atoms with Gasteiger partial charge in [0.15, 0.2) is 11.9 Å². The van der Waals surface area contributed by atoms with Gasteiger partial charge in [-0.1, -0.05) is 12.1 Å². The third-order valence-corrected chi connectivity index (χ3v) is 6.75. The van der Waals surface area contributed by atoms with Crippen LogP contribution in [0.3, 0.4) is 0 Å². The molecular weight excluding hydrogens is 416 g/mol. The number of ether oxygens (including phenoxy) is 1. The van der Waals surface area contributed by atoms with Crippen LogP contribution in [0, 0.1) is 0 Å². The van der Waals surface area contributed by atoms with Gasteiger partial charge in [-0.2, -0.15) is 5.10 Å². The molecule has 0 atom stereocenters. The van der Waals surface area contributed by atoms with Crippen molar-refractivity contribution < 1.29 is 19.2 Å². The average molecular weight is 446 g/mol. The Morgan fingerprint density at radius 1 is 1.18 bits per heavy atom. The van der Waals surface area contributed by atoms with Crippen molar-refractivity contribution in [3.63, 3.8) is 0 Å². The van der Waals surface area contributed by atoms with Crippen molar-refractivity contribution >= 4 is 34.0 Å². The molecule has 33 heavy (non-hydrogen) atoms. The van der Waals surface area contributed by atoms with Crippen LogP contribution in [0.2, 0.25) is 0 Å². The number of methoxy groups -OCH3 is 1. The summed E-state index contributed by atoms with van der Waals surface area (Å²) in [6, 6.07) is 11.8. The lowest BCUT2D eigenvalue weighted by Crippen LogP contribution is -2.34. The SMILES string of the molecule is COC(=O)C(=NN(C)c1cc2c3c(c1O)CCCN3CCC2)c1cc[n+](C)c2ccccc12. The predicted octanol–water partition coefficient (Wildman–Crippen LogP) is 3.08. The molecule has 1 aromatic heterocycles. The molecule has 0 amide bonds. The third kappa shape index (κ3) is 3.57. The van der Waals surface area contributed by atoms with Crippen molar-refractivity contribution in [1.29, 1.82) is 0 Å². The van der Waals surface area contributed by atoms with Crippen LogP contribution in [0.15, 0.2) is 47.7 Å². The highest BCUT2D eigenvalue weighted by Crippen LogP contribution is 2.45. The molecule has 3 heterocycles. The lowest BCUT2D eigenvalue weighted by Gasteiger charge is -2.38. The Bertz CT molecular complexity index is 1280. The van der Waals surface area contributed by atoms with E-state index in [1.54, 1.807) is 12.1 Å². The van der Waals surface area contributed by atoms with Crippen LogP contribution >= 0.6 is 0 Å². The minimum atomic E-state index is -0.522. The molecule has 3 aromatic rings. The normalized spacial score (nSPS) is 15.4. The van der Waals surface area contributed by atoms with Crippen LogP contribution in [0.1, 0.15) is 29.5 Å². The lowest BCUT2D eigenvalue weighted by atomic mass is 9.90. The van der Waals surface area contributed by atoms with Crippen LogP contribution in [0.5, 0.6) is 5.75 Å². The number of nitrogens with zero attached hydrogens (tertiary/aromatic N) is 4. The smallest absolute Gasteiger partial charge is 0.359 e. The first-order chi connectivity index (χ1) is 16.0. The molecular formula is C26H29N4O3+. The summed E-state index contributed by atoms with van der Waals surface area (Å²) >= 11 is 0. The number of hydrogen-bond acceptors (Lipinski definition) is 6. The number of hydrazone groups is 1. The number of fused-ring (bicyclic) bond motifs is 1. The maximum Gasteiger partial charge on any atom is 0.359 e. The number of hydrogen-bond donors (Lipinski definition) is 1. The molecule has 170 valence electrons. The molecule has 0 bridgehead atoms. The Hall–Kier alpha value is -3.61. The lowest BCUT2D eigenvalue weighted by molar-refractivity contribution is -0.644. The van der Waals surface area contributed by atoms with E-state index < -0.39 is 5.97 Å². The fraction of sp³-hybridized carbons (Fsp3) is 0.346. The summed E-state index contributed by atoms with van der Waals surface area (Å²) in [5.74, 6) is -0.272. The van der Waals surface area contributed by atoms with E-state index in [9.17, 15) is 9.90 Å². The molecule has 0 fully saturated rings. The first-order valence-corrected chi connectivity index (χ1v) is 11.4. The minimum Gasteiger partial charge on any atom is -0.505 e. The van der Waals surface area contributed by atoms with E-state index in [0.717, 1.165) is 55.2 Å². The average Bonchev–Trinajstić information content (AvgIpc) is 2.85. The van der Waals surface area contributed by atoms with Gasteiger partial charge in [0, 0.05) is 49.1 Å². The van der Waals surface area contributed by atoms with Crippen molar-refractivity contribution in [2.75, 3.05) is 37.2 Å². The van der Waals surface area contributed by atoms with Gasteiger partial charge in [0.05, 0.1) is 12.5 Å². The number of carbonyl (C=O) groups excluding carboxylic acids is 1.